The summed E-state index contributed by atoms with van der Waals surface area (Å²) in [5.41, 5.74) is 7.71. The molecule has 6 saturated carbocycles. The van der Waals surface area contributed by atoms with Crippen molar-refractivity contribution in [3.8, 4) is 23.7 Å². The van der Waals surface area contributed by atoms with Gasteiger partial charge in [0.15, 0.2) is 0 Å². The largest absolute Gasteiger partial charge is 0.393 e. The van der Waals surface area contributed by atoms with E-state index in [2.05, 4.69) is 167 Å². The number of fused-ring (bicyclic) bond motifs is 10. The fourth-order valence-corrected chi connectivity index (χ4v) is 23.3. The minimum Gasteiger partial charge on any atom is -0.393 e. The van der Waals surface area contributed by atoms with Crippen LogP contribution in [0.5, 0.6) is 0 Å². The minimum atomic E-state index is -0.0959. The molecule has 0 bridgehead atoms. The first kappa shape index (κ1) is 57.0. The highest BCUT2D eigenvalue weighted by atomic mass is 33.3. The first-order valence-electron chi connectivity index (χ1n) is 27.8. The van der Waals surface area contributed by atoms with Crippen molar-refractivity contribution in [1.29, 1.82) is 0 Å². The zero-order valence-corrected chi connectivity index (χ0v) is 48.8. The van der Waals surface area contributed by atoms with E-state index in [4.69, 9.17) is 0 Å². The van der Waals surface area contributed by atoms with Crippen LogP contribution < -0.4 is 0 Å². The van der Waals surface area contributed by atoms with E-state index in [1.807, 2.05) is 5.57 Å². The Balaban J connectivity index is 0.000000185. The van der Waals surface area contributed by atoms with Crippen LogP contribution in [0.4, 0.5) is 0 Å². The van der Waals surface area contributed by atoms with Crippen molar-refractivity contribution in [2.24, 2.45) is 86.8 Å². The monoisotopic (exact) mass is 1070 g/mol. The quantitative estimate of drug-likeness (QED) is 0.230. The Morgan fingerprint density at radius 2 is 1.01 bits per heavy atom. The minimum absolute atomic E-state index is 0. The summed E-state index contributed by atoms with van der Waals surface area (Å²) in [4.78, 5) is 0. The lowest BCUT2D eigenvalue weighted by Crippen LogP contribution is -2.50. The second-order valence-electron chi connectivity index (χ2n) is 24.9. The van der Waals surface area contributed by atoms with E-state index >= 15 is 0 Å². The maximum absolute atomic E-state index is 10.2. The predicted octanol–water partition coefficient (Wildman–Crippen LogP) is 16.7. The van der Waals surface area contributed by atoms with Gasteiger partial charge in [-0.05, 0) is 227 Å². The lowest BCUT2D eigenvalue weighted by atomic mass is 9.46. The molecule has 0 aliphatic heterocycles. The fourth-order valence-electron chi connectivity index (χ4n) is 17.8. The van der Waals surface area contributed by atoms with E-state index in [1.165, 1.54) is 138 Å². The zero-order chi connectivity index (χ0) is 49.5. The van der Waals surface area contributed by atoms with Gasteiger partial charge in [-0.2, -0.15) is 0 Å². The number of benzene rings is 2. The van der Waals surface area contributed by atoms with Gasteiger partial charge in [0.1, 0.15) is 0 Å². The zero-order valence-electron chi connectivity index (χ0n) is 43.9. The topological polar surface area (TPSA) is 20.2 Å². The standard InChI is InChI=1S/C32H44.C31H42O.CH4.S6/c1-23-18-20-31(3)26(22-23)14-15-27-29-17-16-28(32(29,4)21-19-30(27)31)24(2)10-8-9-13-25-11-6-5-7-12-25;1-22(9-7-8-12-23-10-5-4-6-11-23)27-15-16-28-26-14-13-24-21-25(32)17-19-30(24,2)29(26)18-20-31(27,28)3;;1-3-5-6-4-2/h5-7,11-12,14,23-24,27-30H,8,10,15-22H2,1-4H3;4-6,10-11,13,22,25-29,32H,7,9,14-21H2,1-3H3;1H4;/t23-,24+,27-,28+,29-,30-,31-,32+;22-,25+,26+,27-,28+,29+,30+,31-;;/m01../s1. The molecular formula is C64H90OS6. The molecule has 71 heavy (non-hydrogen) atoms. The first-order chi connectivity index (χ1) is 33.7. The van der Waals surface area contributed by atoms with Crippen molar-refractivity contribution in [2.75, 3.05) is 0 Å². The Morgan fingerprint density at radius 3 is 1.46 bits per heavy atom. The fraction of sp³-hybridized carbons (Fsp3) is 0.688. The molecule has 16 atom stereocenters. The van der Waals surface area contributed by atoms with Crippen LogP contribution in [-0.4, -0.2) is 11.2 Å². The Morgan fingerprint density at radius 1 is 0.577 bits per heavy atom. The molecule has 2 aromatic rings. The average molecular weight is 1070 g/mol. The van der Waals surface area contributed by atoms with Gasteiger partial charge in [-0.15, -0.1) is 0 Å². The molecule has 2 aromatic carbocycles. The van der Waals surface area contributed by atoms with E-state index in [9.17, 15) is 5.11 Å². The number of allylic oxidation sites excluding steroid dienone is 3. The summed E-state index contributed by atoms with van der Waals surface area (Å²) in [6, 6.07) is 20.9. The van der Waals surface area contributed by atoms with Gasteiger partial charge in [-0.1, -0.05) is 139 Å². The van der Waals surface area contributed by atoms with E-state index in [-0.39, 0.29) is 13.5 Å². The Kier molecular flexibility index (Phi) is 20.4. The van der Waals surface area contributed by atoms with Gasteiger partial charge < -0.3 is 5.11 Å². The molecule has 7 heteroatoms. The maximum Gasteiger partial charge on any atom is 0.0577 e. The highest BCUT2D eigenvalue weighted by molar-refractivity contribution is 8.64. The SMILES string of the molecule is C.C[C@H](CCC#Cc1ccccc1)[C@H]1CC[C@H]2[C@@H]3CC=C4C[C@@H](O)CC[C@]4(C)[C@H]3CC[C@]12C.C[C@H]1CC[C@@]2(C)C(=CC[C@H]3[C@@H]4CC[C@H]([C@H](C)CCC#Cc5ccccc5)[C@@]4(C)CC[C@@H]32)C1.S=S=S=S=S=S. The van der Waals surface area contributed by atoms with E-state index in [0.717, 1.165) is 102 Å². The average Bonchev–Trinajstić information content (AvgIpc) is 3.92. The number of aliphatic hydroxyl groups excluding tert-OH is 1. The summed E-state index contributed by atoms with van der Waals surface area (Å²) < 4.78 is 0. The van der Waals surface area contributed by atoms with Gasteiger partial charge in [0, 0.05) is 81.9 Å². The number of hydrogen-bond donors (Lipinski definition) is 1. The van der Waals surface area contributed by atoms with Crippen molar-refractivity contribution in [2.45, 2.75) is 190 Å². The highest BCUT2D eigenvalue weighted by Gasteiger charge is 2.60. The summed E-state index contributed by atoms with van der Waals surface area (Å²) in [5, 5.41) is 10.2. The third-order valence-corrected chi connectivity index (χ3v) is 28.2. The van der Waals surface area contributed by atoms with Crippen LogP contribution in [0.3, 0.4) is 0 Å². The molecule has 0 spiro atoms. The molecule has 10 rings (SSSR count). The predicted molar refractivity (Wildman–Crippen MR) is 320 cm³/mol. The third kappa shape index (κ3) is 12.5. The van der Waals surface area contributed by atoms with E-state index in [0.29, 0.717) is 21.7 Å². The molecule has 0 heterocycles. The van der Waals surface area contributed by atoms with Crippen LogP contribution in [0, 0.1) is 110 Å². The summed E-state index contributed by atoms with van der Waals surface area (Å²) >= 11 is 9.03. The van der Waals surface area contributed by atoms with Crippen LogP contribution in [0.25, 0.3) is 0 Å². The molecule has 0 saturated heterocycles. The number of rotatable bonds is 6. The molecule has 0 unspecified atom stereocenters. The van der Waals surface area contributed by atoms with E-state index in [1.54, 1.807) is 5.57 Å². The van der Waals surface area contributed by atoms with Crippen LogP contribution in [0.1, 0.15) is 195 Å². The highest BCUT2D eigenvalue weighted by Crippen LogP contribution is 2.69. The summed E-state index contributed by atoms with van der Waals surface area (Å²) in [7, 11) is 5.63. The molecule has 8 aliphatic carbocycles. The van der Waals surface area contributed by atoms with Gasteiger partial charge >= 0.3 is 0 Å². The lowest BCUT2D eigenvalue weighted by molar-refractivity contribution is -0.0570. The van der Waals surface area contributed by atoms with Crippen molar-refractivity contribution >= 4 is 57.9 Å². The second kappa shape index (κ2) is 25.4. The van der Waals surface area contributed by atoms with Crippen molar-refractivity contribution < 1.29 is 5.11 Å². The van der Waals surface area contributed by atoms with Crippen LogP contribution in [-0.2, 0) is 57.9 Å². The molecule has 0 radical (unpaired) electrons. The molecule has 1 nitrogen and oxygen atoms in total. The summed E-state index contributed by atoms with van der Waals surface area (Å²) in [6.45, 7) is 18.1. The molecule has 6 fully saturated rings. The molecule has 388 valence electrons. The molecule has 0 amide bonds. The maximum atomic E-state index is 10.2. The number of aliphatic hydroxyl groups is 1. The lowest BCUT2D eigenvalue weighted by Gasteiger charge is -2.58. The van der Waals surface area contributed by atoms with Crippen molar-refractivity contribution in [3.63, 3.8) is 0 Å². The molecule has 8 aliphatic rings. The van der Waals surface area contributed by atoms with Gasteiger partial charge in [0.2, 0.25) is 0 Å². The molecular weight excluding hydrogens is 977 g/mol. The van der Waals surface area contributed by atoms with Crippen LogP contribution >= 0.6 is 0 Å². The summed E-state index contributed by atoms with van der Waals surface area (Å²) in [5.74, 6) is 23.3. The second-order valence-corrected chi connectivity index (χ2v) is 31.9. The molecule has 1 N–H and O–H groups in total. The van der Waals surface area contributed by atoms with Gasteiger partial charge in [0.05, 0.1) is 6.10 Å². The third-order valence-electron chi connectivity index (χ3n) is 21.5. The Labute approximate surface area is 455 Å². The van der Waals surface area contributed by atoms with Gasteiger partial charge in [-0.3, -0.25) is 0 Å². The molecule has 0 aromatic heterocycles. The van der Waals surface area contributed by atoms with Crippen LogP contribution in [0.2, 0.25) is 0 Å². The van der Waals surface area contributed by atoms with Crippen molar-refractivity contribution in [1.82, 2.24) is 0 Å². The van der Waals surface area contributed by atoms with Crippen molar-refractivity contribution in [3.05, 3.63) is 95.1 Å². The van der Waals surface area contributed by atoms with Gasteiger partial charge in [0.25, 0.3) is 0 Å². The van der Waals surface area contributed by atoms with Gasteiger partial charge in [-0.25, -0.2) is 0 Å². The summed E-state index contributed by atoms with van der Waals surface area (Å²) in [6.07, 6.45) is 31.4. The van der Waals surface area contributed by atoms with E-state index < -0.39 is 0 Å². The van der Waals surface area contributed by atoms with Crippen LogP contribution in [0.15, 0.2) is 84.0 Å². The normalized spacial score (nSPS) is 37.8. The Hall–Kier alpha value is -1.68. The Bertz CT molecular complexity index is 2300. The smallest absolute Gasteiger partial charge is 0.0577 e. The first-order valence-corrected chi connectivity index (χ1v) is 34.5. The number of hydrogen-bond acceptors (Lipinski definition) is 3.